The number of H-pyrrole nitrogens is 1. The third kappa shape index (κ3) is 4.65. The summed E-state index contributed by atoms with van der Waals surface area (Å²) in [5.74, 6) is 0.775. The zero-order valence-electron chi connectivity index (χ0n) is 17.7. The SMILES string of the molecule is Cc1ccc2[nH]c(=O)c(CN(Cc3ccco3)C(=O)C[NH+]3CCCC[C@H]3C)cc2c1. The maximum absolute atomic E-state index is 13.3. The van der Waals surface area contributed by atoms with E-state index < -0.39 is 0 Å². The molecule has 1 aliphatic rings. The number of amides is 1. The predicted molar refractivity (Wildman–Crippen MR) is 116 cm³/mol. The topological polar surface area (TPSA) is 70.8 Å². The van der Waals surface area contributed by atoms with Crippen LogP contribution in [0, 0.1) is 6.92 Å². The van der Waals surface area contributed by atoms with E-state index in [0.29, 0.717) is 24.7 Å². The first-order valence-corrected chi connectivity index (χ1v) is 10.8. The van der Waals surface area contributed by atoms with Crippen molar-refractivity contribution in [2.75, 3.05) is 13.1 Å². The molecule has 1 amide bonds. The Balaban J connectivity index is 1.59. The van der Waals surface area contributed by atoms with Gasteiger partial charge in [-0.2, -0.15) is 0 Å². The molecule has 0 bridgehead atoms. The highest BCUT2D eigenvalue weighted by Gasteiger charge is 2.27. The zero-order valence-corrected chi connectivity index (χ0v) is 17.7. The first-order valence-electron chi connectivity index (χ1n) is 10.8. The highest BCUT2D eigenvalue weighted by Crippen LogP contribution is 2.15. The molecule has 0 saturated carbocycles. The summed E-state index contributed by atoms with van der Waals surface area (Å²) in [6.07, 6.45) is 5.17. The Morgan fingerprint density at radius 1 is 1.23 bits per heavy atom. The number of carbonyl (C=O) groups is 1. The van der Waals surface area contributed by atoms with Gasteiger partial charge in [0, 0.05) is 11.1 Å². The molecule has 1 fully saturated rings. The first-order chi connectivity index (χ1) is 14.5. The van der Waals surface area contributed by atoms with Gasteiger partial charge in [0.2, 0.25) is 0 Å². The molecular formula is C24H30N3O3+. The molecule has 6 heteroatoms. The van der Waals surface area contributed by atoms with Crippen molar-refractivity contribution in [1.29, 1.82) is 0 Å². The Hall–Kier alpha value is -2.86. The van der Waals surface area contributed by atoms with Crippen LogP contribution >= 0.6 is 0 Å². The predicted octanol–water partition coefficient (Wildman–Crippen LogP) is 2.42. The number of fused-ring (bicyclic) bond motifs is 1. The molecule has 3 heterocycles. The van der Waals surface area contributed by atoms with E-state index in [-0.39, 0.29) is 18.0 Å². The molecule has 4 rings (SSSR count). The largest absolute Gasteiger partial charge is 0.467 e. The summed E-state index contributed by atoms with van der Waals surface area (Å²) in [6, 6.07) is 12.0. The molecule has 0 aliphatic carbocycles. The minimum atomic E-state index is -0.151. The number of likely N-dealkylation sites (tertiary alicyclic amines) is 1. The van der Waals surface area contributed by atoms with Crippen LogP contribution in [-0.2, 0) is 17.9 Å². The van der Waals surface area contributed by atoms with Crippen molar-refractivity contribution in [1.82, 2.24) is 9.88 Å². The van der Waals surface area contributed by atoms with Crippen LogP contribution in [-0.4, -0.2) is 34.9 Å². The number of pyridine rings is 1. The molecule has 1 aromatic carbocycles. The Labute approximate surface area is 176 Å². The summed E-state index contributed by atoms with van der Waals surface area (Å²) in [4.78, 5) is 32.0. The monoisotopic (exact) mass is 408 g/mol. The number of carbonyl (C=O) groups excluding carboxylic acids is 1. The highest BCUT2D eigenvalue weighted by molar-refractivity contribution is 5.80. The lowest BCUT2D eigenvalue weighted by Gasteiger charge is -2.31. The number of furan rings is 1. The van der Waals surface area contributed by atoms with Crippen molar-refractivity contribution in [2.24, 2.45) is 0 Å². The van der Waals surface area contributed by atoms with Crippen LogP contribution in [0.4, 0.5) is 0 Å². The van der Waals surface area contributed by atoms with Crippen molar-refractivity contribution >= 4 is 16.8 Å². The molecule has 158 valence electrons. The average Bonchev–Trinajstić information content (AvgIpc) is 3.23. The normalized spacial score (nSPS) is 19.1. The number of hydrogen-bond acceptors (Lipinski definition) is 3. The zero-order chi connectivity index (χ0) is 21.1. The lowest BCUT2D eigenvalue weighted by molar-refractivity contribution is -0.921. The molecule has 1 aliphatic heterocycles. The number of quaternary nitrogens is 1. The van der Waals surface area contributed by atoms with Gasteiger partial charge in [-0.1, -0.05) is 11.6 Å². The van der Waals surface area contributed by atoms with Gasteiger partial charge >= 0.3 is 0 Å². The van der Waals surface area contributed by atoms with Gasteiger partial charge in [-0.25, -0.2) is 0 Å². The fourth-order valence-electron chi connectivity index (χ4n) is 4.34. The molecule has 2 atom stereocenters. The number of rotatable bonds is 6. The summed E-state index contributed by atoms with van der Waals surface area (Å²) in [6.45, 7) is 6.34. The van der Waals surface area contributed by atoms with E-state index in [0.717, 1.165) is 41.6 Å². The number of hydrogen-bond donors (Lipinski definition) is 2. The summed E-state index contributed by atoms with van der Waals surface area (Å²) in [7, 11) is 0. The molecule has 2 aromatic heterocycles. The van der Waals surface area contributed by atoms with Crippen molar-refractivity contribution in [3.05, 3.63) is 69.9 Å². The standard InChI is InChI=1S/C24H29N3O3/c1-17-8-9-22-19(12-17)13-20(24(29)25-22)14-27(15-21-7-5-11-30-21)23(28)16-26-10-4-3-6-18(26)2/h5,7-9,11-13,18H,3-4,6,10,14-16H2,1-2H3,(H,25,29)/p+1/t18-/m1/s1. The van der Waals surface area contributed by atoms with Crippen LogP contribution in [0.3, 0.4) is 0 Å². The lowest BCUT2D eigenvalue weighted by atomic mass is 10.0. The van der Waals surface area contributed by atoms with Gasteiger partial charge in [-0.15, -0.1) is 0 Å². The minimum absolute atomic E-state index is 0.0545. The Morgan fingerprint density at radius 3 is 2.87 bits per heavy atom. The number of nitrogens with one attached hydrogen (secondary N) is 2. The van der Waals surface area contributed by atoms with E-state index >= 15 is 0 Å². The molecule has 0 spiro atoms. The second-order valence-electron chi connectivity index (χ2n) is 8.53. The van der Waals surface area contributed by atoms with E-state index in [4.69, 9.17) is 4.42 Å². The molecular weight excluding hydrogens is 378 g/mol. The van der Waals surface area contributed by atoms with Gasteiger partial charge < -0.3 is 19.2 Å². The number of aryl methyl sites for hydroxylation is 1. The lowest BCUT2D eigenvalue weighted by Crippen LogP contribution is -3.17. The Morgan fingerprint density at radius 2 is 2.10 bits per heavy atom. The fourth-order valence-corrected chi connectivity index (χ4v) is 4.34. The van der Waals surface area contributed by atoms with E-state index in [1.165, 1.54) is 11.3 Å². The number of aromatic nitrogens is 1. The van der Waals surface area contributed by atoms with Gasteiger partial charge in [-0.3, -0.25) is 9.59 Å². The second kappa shape index (κ2) is 8.88. The summed E-state index contributed by atoms with van der Waals surface area (Å²) < 4.78 is 5.49. The van der Waals surface area contributed by atoms with Gasteiger partial charge in [0.25, 0.3) is 11.5 Å². The highest BCUT2D eigenvalue weighted by atomic mass is 16.3. The average molecular weight is 409 g/mol. The third-order valence-corrected chi connectivity index (χ3v) is 6.18. The summed E-state index contributed by atoms with van der Waals surface area (Å²) >= 11 is 0. The number of piperidine rings is 1. The molecule has 30 heavy (non-hydrogen) atoms. The summed E-state index contributed by atoms with van der Waals surface area (Å²) in [5, 5.41) is 0.977. The number of benzene rings is 1. The molecule has 3 aromatic rings. The van der Waals surface area contributed by atoms with E-state index in [1.807, 2.05) is 43.3 Å². The molecule has 1 unspecified atom stereocenters. The van der Waals surface area contributed by atoms with Crippen LogP contribution in [0.25, 0.3) is 10.9 Å². The molecule has 1 saturated heterocycles. The summed E-state index contributed by atoms with van der Waals surface area (Å²) in [5.41, 5.74) is 2.38. The maximum atomic E-state index is 13.3. The van der Waals surface area contributed by atoms with Crippen LogP contribution in [0.1, 0.15) is 43.1 Å². The Kier molecular flexibility index (Phi) is 6.04. The van der Waals surface area contributed by atoms with Gasteiger partial charge in [0.05, 0.1) is 31.9 Å². The van der Waals surface area contributed by atoms with Crippen molar-refractivity contribution in [3.8, 4) is 0 Å². The smallest absolute Gasteiger partial charge is 0.278 e. The second-order valence-corrected chi connectivity index (χ2v) is 8.53. The van der Waals surface area contributed by atoms with E-state index in [1.54, 1.807) is 11.2 Å². The van der Waals surface area contributed by atoms with Crippen molar-refractivity contribution in [3.63, 3.8) is 0 Å². The van der Waals surface area contributed by atoms with Crippen LogP contribution in [0.2, 0.25) is 0 Å². The number of nitrogens with zero attached hydrogens (tertiary/aromatic N) is 1. The van der Waals surface area contributed by atoms with E-state index in [9.17, 15) is 9.59 Å². The number of aromatic amines is 1. The molecule has 6 nitrogen and oxygen atoms in total. The maximum Gasteiger partial charge on any atom is 0.278 e. The van der Waals surface area contributed by atoms with Gasteiger partial charge in [0.1, 0.15) is 5.76 Å². The van der Waals surface area contributed by atoms with Crippen LogP contribution in [0.5, 0.6) is 0 Å². The van der Waals surface area contributed by atoms with Crippen LogP contribution < -0.4 is 10.5 Å². The molecule has 0 radical (unpaired) electrons. The first kappa shape index (κ1) is 20.4. The van der Waals surface area contributed by atoms with Crippen molar-refractivity contribution < 1.29 is 14.1 Å². The third-order valence-electron chi connectivity index (χ3n) is 6.18. The van der Waals surface area contributed by atoms with Crippen molar-refractivity contribution in [2.45, 2.75) is 52.2 Å². The van der Waals surface area contributed by atoms with Crippen LogP contribution in [0.15, 0.2) is 51.9 Å². The minimum Gasteiger partial charge on any atom is -0.467 e. The molecule has 2 N–H and O–H groups in total. The Bertz CT molecular complexity index is 1070. The fraction of sp³-hybridized carbons (Fsp3) is 0.417. The quantitative estimate of drug-likeness (QED) is 0.658. The van der Waals surface area contributed by atoms with Gasteiger partial charge in [-0.05, 0) is 68.8 Å². The van der Waals surface area contributed by atoms with E-state index in [2.05, 4.69) is 11.9 Å². The van der Waals surface area contributed by atoms with Gasteiger partial charge in [0.15, 0.2) is 6.54 Å².